The largest absolute Gasteiger partial charge is 0.494 e. The fourth-order valence-electron chi connectivity index (χ4n) is 4.67. The van der Waals surface area contributed by atoms with Crippen LogP contribution in [0.2, 0.25) is 0 Å². The molecule has 0 radical (unpaired) electrons. The number of non-ortho nitro benzene ring substituents is 1. The number of aromatic nitrogens is 1. The number of nitrogens with zero attached hydrogens (tertiary/aromatic N) is 4. The smallest absolute Gasteiger partial charge is 0.279 e. The van der Waals surface area contributed by atoms with E-state index in [1.165, 1.54) is 47.8 Å². The van der Waals surface area contributed by atoms with Gasteiger partial charge in [-0.1, -0.05) is 25.2 Å². The standard InChI is InChI=1S/C24H28N4O6S2/c1-5-27-22-20(34-4)11-18(28(30)31)12-21(22)35-24(27)25-23(29)17-6-8-19(9-7-17)36(32,33)26-13-15(2)10-16(3)14-26/h6-9,11-12,15-16H,5,10,13-14H2,1-4H3. The van der Waals surface area contributed by atoms with Gasteiger partial charge in [0.05, 0.1) is 27.7 Å². The second-order valence-electron chi connectivity index (χ2n) is 9.09. The Hall–Kier alpha value is -3.09. The third-order valence-corrected chi connectivity index (χ3v) is 9.12. The molecule has 192 valence electrons. The van der Waals surface area contributed by atoms with Gasteiger partial charge < -0.3 is 9.30 Å². The average molecular weight is 533 g/mol. The zero-order valence-electron chi connectivity index (χ0n) is 20.5. The Morgan fingerprint density at radius 3 is 2.39 bits per heavy atom. The van der Waals surface area contributed by atoms with E-state index >= 15 is 0 Å². The van der Waals surface area contributed by atoms with Crippen molar-refractivity contribution < 1.29 is 22.9 Å². The second-order valence-corrected chi connectivity index (χ2v) is 12.0. The van der Waals surface area contributed by atoms with Crippen molar-refractivity contribution in [2.45, 2.75) is 38.6 Å². The number of aryl methyl sites for hydroxylation is 1. The van der Waals surface area contributed by atoms with E-state index in [1.807, 2.05) is 20.8 Å². The maximum atomic E-state index is 13.1. The lowest BCUT2D eigenvalue weighted by Crippen LogP contribution is -2.42. The lowest BCUT2D eigenvalue weighted by Gasteiger charge is -2.34. The summed E-state index contributed by atoms with van der Waals surface area (Å²) < 4.78 is 35.5. The van der Waals surface area contributed by atoms with E-state index in [-0.39, 0.29) is 28.0 Å². The van der Waals surface area contributed by atoms with Gasteiger partial charge in [-0.05, 0) is 49.4 Å². The molecule has 1 saturated heterocycles. The number of rotatable bonds is 6. The predicted octanol–water partition coefficient (Wildman–Crippen LogP) is 4.05. The highest BCUT2D eigenvalue weighted by atomic mass is 32.2. The molecular formula is C24H28N4O6S2. The SMILES string of the molecule is CCn1c(=NC(=O)c2ccc(S(=O)(=O)N3CC(C)CC(C)C3)cc2)sc2cc([N+](=O)[O-])cc(OC)c21. The van der Waals surface area contributed by atoms with Crippen molar-refractivity contribution in [3.05, 3.63) is 56.9 Å². The van der Waals surface area contributed by atoms with Crippen LogP contribution in [-0.2, 0) is 16.6 Å². The molecule has 3 aromatic rings. The van der Waals surface area contributed by atoms with Gasteiger partial charge in [0, 0.05) is 31.3 Å². The highest BCUT2D eigenvalue weighted by Gasteiger charge is 2.31. The van der Waals surface area contributed by atoms with Gasteiger partial charge in [0.2, 0.25) is 10.0 Å². The van der Waals surface area contributed by atoms with Crippen molar-refractivity contribution in [1.82, 2.24) is 8.87 Å². The number of methoxy groups -OCH3 is 1. The number of sulfonamides is 1. The van der Waals surface area contributed by atoms with Crippen LogP contribution >= 0.6 is 11.3 Å². The lowest BCUT2D eigenvalue weighted by atomic mass is 9.94. The first-order valence-corrected chi connectivity index (χ1v) is 13.9. The van der Waals surface area contributed by atoms with E-state index in [9.17, 15) is 23.3 Å². The third-order valence-electron chi connectivity index (χ3n) is 6.25. The van der Waals surface area contributed by atoms with Gasteiger partial charge in [-0.15, -0.1) is 0 Å². The number of nitro benzene ring substituents is 1. The van der Waals surface area contributed by atoms with Crippen LogP contribution < -0.4 is 9.54 Å². The number of hydrogen-bond acceptors (Lipinski definition) is 7. The number of carbonyl (C=O) groups excluding carboxylic acids is 1. The average Bonchev–Trinajstić information content (AvgIpc) is 3.19. The molecule has 0 N–H and O–H groups in total. The minimum atomic E-state index is -3.66. The van der Waals surface area contributed by atoms with E-state index < -0.39 is 20.9 Å². The summed E-state index contributed by atoms with van der Waals surface area (Å²) in [6, 6.07) is 8.57. The van der Waals surface area contributed by atoms with Gasteiger partial charge in [-0.25, -0.2) is 8.42 Å². The summed E-state index contributed by atoms with van der Waals surface area (Å²) in [6.07, 6.45) is 0.996. The number of benzene rings is 2. The van der Waals surface area contributed by atoms with Crippen molar-refractivity contribution >= 4 is 43.2 Å². The molecule has 4 rings (SSSR count). The van der Waals surface area contributed by atoms with Gasteiger partial charge in [0.25, 0.3) is 11.6 Å². The van der Waals surface area contributed by atoms with Gasteiger partial charge in [-0.3, -0.25) is 14.9 Å². The van der Waals surface area contributed by atoms with Crippen molar-refractivity contribution in [2.75, 3.05) is 20.2 Å². The normalized spacial score (nSPS) is 19.5. The maximum Gasteiger partial charge on any atom is 0.279 e. The van der Waals surface area contributed by atoms with Crippen molar-refractivity contribution in [2.24, 2.45) is 16.8 Å². The molecule has 1 aliphatic heterocycles. The van der Waals surface area contributed by atoms with Crippen LogP contribution in [-0.4, -0.2) is 48.3 Å². The first kappa shape index (κ1) is 26.0. The van der Waals surface area contributed by atoms with Crippen LogP contribution in [0.25, 0.3) is 10.2 Å². The number of hydrogen-bond donors (Lipinski definition) is 0. The van der Waals surface area contributed by atoms with Crippen LogP contribution in [0.15, 0.2) is 46.3 Å². The summed E-state index contributed by atoms with van der Waals surface area (Å²) >= 11 is 1.15. The third kappa shape index (κ3) is 4.93. The number of fused-ring (bicyclic) bond motifs is 1. The topological polar surface area (TPSA) is 124 Å². The zero-order chi connectivity index (χ0) is 26.2. The predicted molar refractivity (Wildman–Crippen MR) is 137 cm³/mol. The Morgan fingerprint density at radius 2 is 1.83 bits per heavy atom. The Labute approximate surface area is 213 Å². The fourth-order valence-corrected chi connectivity index (χ4v) is 7.49. The molecule has 0 spiro atoms. The molecule has 0 saturated carbocycles. The molecule has 1 aliphatic rings. The van der Waals surface area contributed by atoms with E-state index in [1.54, 1.807) is 4.57 Å². The van der Waals surface area contributed by atoms with E-state index in [4.69, 9.17) is 4.74 Å². The molecule has 1 aromatic heterocycles. The van der Waals surface area contributed by atoms with Gasteiger partial charge in [-0.2, -0.15) is 9.30 Å². The summed E-state index contributed by atoms with van der Waals surface area (Å²) in [6.45, 7) is 7.39. The Morgan fingerprint density at radius 1 is 1.19 bits per heavy atom. The first-order chi connectivity index (χ1) is 17.0. The summed E-state index contributed by atoms with van der Waals surface area (Å²) in [5.41, 5.74) is 0.747. The molecule has 36 heavy (non-hydrogen) atoms. The molecule has 2 atom stereocenters. The monoisotopic (exact) mass is 532 g/mol. The first-order valence-electron chi connectivity index (χ1n) is 11.6. The molecular weight excluding hydrogens is 504 g/mol. The molecule has 2 unspecified atom stereocenters. The van der Waals surface area contributed by atoms with Crippen LogP contribution in [0.4, 0.5) is 5.69 Å². The quantitative estimate of drug-likeness (QED) is 0.348. The van der Waals surface area contributed by atoms with E-state index in [2.05, 4.69) is 4.99 Å². The minimum absolute atomic E-state index is 0.115. The van der Waals surface area contributed by atoms with Crippen LogP contribution in [0, 0.1) is 22.0 Å². The molecule has 1 fully saturated rings. The highest BCUT2D eigenvalue weighted by Crippen LogP contribution is 2.33. The van der Waals surface area contributed by atoms with Crippen molar-refractivity contribution in [3.8, 4) is 5.75 Å². The highest BCUT2D eigenvalue weighted by molar-refractivity contribution is 7.89. The molecule has 12 heteroatoms. The second kappa shape index (κ2) is 10.1. The number of piperidine rings is 1. The molecule has 1 amide bonds. The Bertz CT molecular complexity index is 1480. The Kier molecular flexibility index (Phi) is 7.30. The van der Waals surface area contributed by atoms with Crippen molar-refractivity contribution in [1.29, 1.82) is 0 Å². The van der Waals surface area contributed by atoms with E-state index in [0.717, 1.165) is 17.8 Å². The molecule has 0 bridgehead atoms. The van der Waals surface area contributed by atoms with E-state index in [0.29, 0.717) is 40.4 Å². The minimum Gasteiger partial charge on any atom is -0.494 e. The summed E-state index contributed by atoms with van der Waals surface area (Å²) in [7, 11) is -2.23. The number of thiazole rings is 1. The molecule has 2 heterocycles. The Balaban J connectivity index is 1.68. The van der Waals surface area contributed by atoms with Crippen molar-refractivity contribution in [3.63, 3.8) is 0 Å². The number of amides is 1. The number of carbonyl (C=O) groups is 1. The maximum absolute atomic E-state index is 13.1. The molecule has 2 aromatic carbocycles. The van der Waals surface area contributed by atoms with Crippen LogP contribution in [0.3, 0.4) is 0 Å². The number of nitro groups is 1. The van der Waals surface area contributed by atoms with Crippen LogP contribution in [0.5, 0.6) is 5.75 Å². The summed E-state index contributed by atoms with van der Waals surface area (Å²) in [4.78, 5) is 28.5. The number of ether oxygens (including phenoxy) is 1. The van der Waals surface area contributed by atoms with Gasteiger partial charge >= 0.3 is 0 Å². The fraction of sp³-hybridized carbons (Fsp3) is 0.417. The van der Waals surface area contributed by atoms with Gasteiger partial charge in [0.15, 0.2) is 10.6 Å². The van der Waals surface area contributed by atoms with Gasteiger partial charge in [0.1, 0.15) is 5.52 Å². The summed E-state index contributed by atoms with van der Waals surface area (Å²) in [5.74, 6) is 0.355. The summed E-state index contributed by atoms with van der Waals surface area (Å²) in [5, 5.41) is 11.3. The molecule has 10 nitrogen and oxygen atoms in total. The lowest BCUT2D eigenvalue weighted by molar-refractivity contribution is -0.384. The zero-order valence-corrected chi connectivity index (χ0v) is 22.1. The molecule has 0 aliphatic carbocycles. The van der Waals surface area contributed by atoms with Crippen LogP contribution in [0.1, 0.15) is 37.6 Å².